The molecule has 0 aromatic heterocycles. The maximum atomic E-state index is 12.9. The molecule has 0 unspecified atom stereocenters. The molecular weight excluding hydrogens is 325 g/mol. The van der Waals surface area contributed by atoms with Gasteiger partial charge in [0, 0.05) is 6.04 Å². The van der Waals surface area contributed by atoms with E-state index in [2.05, 4.69) is 28.2 Å². The number of halogens is 2. The molecule has 2 atom stereocenters. The Morgan fingerprint density at radius 1 is 1.45 bits per heavy atom. The van der Waals surface area contributed by atoms with Gasteiger partial charge >= 0.3 is 0 Å². The lowest BCUT2D eigenvalue weighted by molar-refractivity contribution is -0.124. The van der Waals surface area contributed by atoms with Gasteiger partial charge in [-0.2, -0.15) is 0 Å². The number of carbonyl (C=O) groups is 1. The molecule has 1 aromatic rings. The molecule has 110 valence electrons. The van der Waals surface area contributed by atoms with Crippen molar-refractivity contribution < 1.29 is 13.9 Å². The second-order valence-electron chi connectivity index (χ2n) is 5.30. The Morgan fingerprint density at radius 2 is 2.20 bits per heavy atom. The van der Waals surface area contributed by atoms with Crippen LogP contribution in [-0.4, -0.2) is 18.6 Å². The van der Waals surface area contributed by atoms with Crippen LogP contribution < -0.4 is 10.1 Å². The molecule has 1 aliphatic rings. The SMILES string of the molecule is C[C@@H]1CCCC[C@@H]1NC(=O)COc1ccc(F)cc1Br. The summed E-state index contributed by atoms with van der Waals surface area (Å²) in [5.74, 6) is 0.521. The molecule has 0 saturated heterocycles. The van der Waals surface area contributed by atoms with Crippen LogP contribution in [0.3, 0.4) is 0 Å². The lowest BCUT2D eigenvalue weighted by Gasteiger charge is -2.29. The van der Waals surface area contributed by atoms with Gasteiger partial charge in [-0.1, -0.05) is 19.8 Å². The smallest absolute Gasteiger partial charge is 0.258 e. The van der Waals surface area contributed by atoms with E-state index < -0.39 is 0 Å². The molecule has 0 spiro atoms. The summed E-state index contributed by atoms with van der Waals surface area (Å²) >= 11 is 3.21. The van der Waals surface area contributed by atoms with Gasteiger partial charge in [-0.3, -0.25) is 4.79 Å². The van der Waals surface area contributed by atoms with Crippen molar-refractivity contribution in [2.24, 2.45) is 5.92 Å². The number of hydrogen-bond acceptors (Lipinski definition) is 2. The highest BCUT2D eigenvalue weighted by Gasteiger charge is 2.22. The maximum absolute atomic E-state index is 12.9. The number of benzene rings is 1. The van der Waals surface area contributed by atoms with Crippen LogP contribution in [0, 0.1) is 11.7 Å². The number of amides is 1. The van der Waals surface area contributed by atoms with Gasteiger partial charge in [-0.05, 0) is 52.9 Å². The van der Waals surface area contributed by atoms with Gasteiger partial charge in [-0.25, -0.2) is 4.39 Å². The molecule has 0 aliphatic heterocycles. The first-order valence-electron chi connectivity index (χ1n) is 6.93. The largest absolute Gasteiger partial charge is 0.483 e. The van der Waals surface area contributed by atoms with Crippen LogP contribution in [0.5, 0.6) is 5.75 Å². The fraction of sp³-hybridized carbons (Fsp3) is 0.533. The summed E-state index contributed by atoms with van der Waals surface area (Å²) in [5, 5.41) is 3.02. The molecule has 20 heavy (non-hydrogen) atoms. The van der Waals surface area contributed by atoms with E-state index in [9.17, 15) is 9.18 Å². The van der Waals surface area contributed by atoms with Gasteiger partial charge < -0.3 is 10.1 Å². The van der Waals surface area contributed by atoms with Crippen LogP contribution >= 0.6 is 15.9 Å². The van der Waals surface area contributed by atoms with Crippen LogP contribution in [0.25, 0.3) is 0 Å². The normalized spacial score (nSPS) is 22.4. The van der Waals surface area contributed by atoms with E-state index in [0.29, 0.717) is 16.1 Å². The molecule has 1 aliphatic carbocycles. The van der Waals surface area contributed by atoms with Gasteiger partial charge in [0.05, 0.1) is 4.47 Å². The number of carbonyl (C=O) groups excluding carboxylic acids is 1. The summed E-state index contributed by atoms with van der Waals surface area (Å²) in [6.07, 6.45) is 4.61. The maximum Gasteiger partial charge on any atom is 0.258 e. The zero-order chi connectivity index (χ0) is 14.5. The lowest BCUT2D eigenvalue weighted by atomic mass is 9.86. The van der Waals surface area contributed by atoms with Crippen molar-refractivity contribution in [2.45, 2.75) is 38.6 Å². The number of ether oxygens (including phenoxy) is 1. The molecule has 2 rings (SSSR count). The number of rotatable bonds is 4. The van der Waals surface area contributed by atoms with Gasteiger partial charge in [0.25, 0.3) is 5.91 Å². The third-order valence-electron chi connectivity index (χ3n) is 3.71. The third-order valence-corrected chi connectivity index (χ3v) is 4.33. The minimum atomic E-state index is -0.343. The molecule has 0 bridgehead atoms. The second kappa shape index (κ2) is 7.07. The Bertz CT molecular complexity index is 481. The fourth-order valence-electron chi connectivity index (χ4n) is 2.51. The average molecular weight is 344 g/mol. The molecule has 1 amide bonds. The summed E-state index contributed by atoms with van der Waals surface area (Å²) < 4.78 is 18.8. The van der Waals surface area contributed by atoms with Crippen LogP contribution in [0.1, 0.15) is 32.6 Å². The molecule has 0 radical (unpaired) electrons. The van der Waals surface area contributed by atoms with Crippen molar-refractivity contribution in [3.05, 3.63) is 28.5 Å². The first kappa shape index (κ1) is 15.3. The highest BCUT2D eigenvalue weighted by molar-refractivity contribution is 9.10. The van der Waals surface area contributed by atoms with Gasteiger partial charge in [0.1, 0.15) is 11.6 Å². The van der Waals surface area contributed by atoms with E-state index in [0.717, 1.165) is 12.8 Å². The summed E-state index contributed by atoms with van der Waals surface area (Å²) in [4.78, 5) is 11.9. The van der Waals surface area contributed by atoms with Crippen LogP contribution in [0.2, 0.25) is 0 Å². The zero-order valence-corrected chi connectivity index (χ0v) is 13.1. The molecule has 1 N–H and O–H groups in total. The van der Waals surface area contributed by atoms with Crippen molar-refractivity contribution in [1.82, 2.24) is 5.32 Å². The minimum absolute atomic E-state index is 0.0482. The van der Waals surface area contributed by atoms with E-state index >= 15 is 0 Å². The van der Waals surface area contributed by atoms with Crippen molar-refractivity contribution in [3.8, 4) is 5.75 Å². The lowest BCUT2D eigenvalue weighted by Crippen LogP contribution is -2.43. The quantitative estimate of drug-likeness (QED) is 0.905. The minimum Gasteiger partial charge on any atom is -0.483 e. The number of nitrogens with one attached hydrogen (secondary N) is 1. The van der Waals surface area contributed by atoms with Gasteiger partial charge in [0.2, 0.25) is 0 Å². The Kier molecular flexibility index (Phi) is 5.40. The summed E-state index contributed by atoms with van der Waals surface area (Å²) in [7, 11) is 0. The molecular formula is C15H19BrFNO2. The van der Waals surface area contributed by atoms with E-state index in [-0.39, 0.29) is 24.4 Å². The van der Waals surface area contributed by atoms with E-state index in [1.54, 1.807) is 0 Å². The predicted octanol–water partition coefficient (Wildman–Crippen LogP) is 3.66. The topological polar surface area (TPSA) is 38.3 Å². The molecule has 1 aromatic carbocycles. The molecule has 1 saturated carbocycles. The summed E-state index contributed by atoms with van der Waals surface area (Å²) in [6, 6.07) is 4.38. The Hall–Kier alpha value is -1.10. The van der Waals surface area contributed by atoms with Gasteiger partial charge in [0.15, 0.2) is 6.61 Å². The van der Waals surface area contributed by atoms with Crippen molar-refractivity contribution in [2.75, 3.05) is 6.61 Å². The van der Waals surface area contributed by atoms with Crippen LogP contribution in [0.15, 0.2) is 22.7 Å². The van der Waals surface area contributed by atoms with Crippen molar-refractivity contribution in [1.29, 1.82) is 0 Å². The summed E-state index contributed by atoms with van der Waals surface area (Å²) in [6.45, 7) is 2.12. The fourth-order valence-corrected chi connectivity index (χ4v) is 2.98. The third kappa shape index (κ3) is 4.20. The first-order chi connectivity index (χ1) is 9.56. The van der Waals surface area contributed by atoms with Crippen LogP contribution in [0.4, 0.5) is 4.39 Å². The predicted molar refractivity (Wildman–Crippen MR) is 79.2 cm³/mol. The van der Waals surface area contributed by atoms with Crippen LogP contribution in [-0.2, 0) is 4.79 Å². The van der Waals surface area contributed by atoms with Crippen molar-refractivity contribution in [3.63, 3.8) is 0 Å². The van der Waals surface area contributed by atoms with E-state index in [1.165, 1.54) is 31.0 Å². The summed E-state index contributed by atoms with van der Waals surface area (Å²) in [5.41, 5.74) is 0. The van der Waals surface area contributed by atoms with E-state index in [1.807, 2.05) is 0 Å². The monoisotopic (exact) mass is 343 g/mol. The highest BCUT2D eigenvalue weighted by Crippen LogP contribution is 2.26. The second-order valence-corrected chi connectivity index (χ2v) is 6.15. The Morgan fingerprint density at radius 3 is 2.90 bits per heavy atom. The first-order valence-corrected chi connectivity index (χ1v) is 7.73. The van der Waals surface area contributed by atoms with E-state index in [4.69, 9.17) is 4.74 Å². The molecule has 1 fully saturated rings. The zero-order valence-electron chi connectivity index (χ0n) is 11.5. The molecule has 5 heteroatoms. The Balaban J connectivity index is 1.82. The van der Waals surface area contributed by atoms with Gasteiger partial charge in [-0.15, -0.1) is 0 Å². The Labute approximate surface area is 127 Å². The highest BCUT2D eigenvalue weighted by atomic mass is 79.9. The number of hydrogen-bond donors (Lipinski definition) is 1. The molecule has 3 nitrogen and oxygen atoms in total. The standard InChI is InChI=1S/C15H19BrFNO2/c1-10-4-2-3-5-13(10)18-15(19)9-20-14-7-6-11(17)8-12(14)16/h6-8,10,13H,2-5,9H2,1H3,(H,18,19)/t10-,13+/m1/s1. The van der Waals surface area contributed by atoms with Crippen molar-refractivity contribution >= 4 is 21.8 Å². The molecule has 0 heterocycles. The average Bonchev–Trinajstić information content (AvgIpc) is 2.40.